The Labute approximate surface area is 101 Å². The smallest absolute Gasteiger partial charge is 0.0892 e. The molecule has 0 bridgehead atoms. The Morgan fingerprint density at radius 3 is 3.00 bits per heavy atom. The van der Waals surface area contributed by atoms with Gasteiger partial charge in [-0.3, -0.25) is 0 Å². The average Bonchev–Trinajstić information content (AvgIpc) is 2.65. The van der Waals surface area contributed by atoms with Gasteiger partial charge in [-0.05, 0) is 31.4 Å². The van der Waals surface area contributed by atoms with Crippen LogP contribution in [0.2, 0.25) is 0 Å². The first-order valence-electron chi connectivity index (χ1n) is 5.31. The number of nitrogens with one attached hydrogen (secondary N) is 1. The molecule has 1 aliphatic carbocycles. The largest absolute Gasteiger partial charge is 0.411 e. The monoisotopic (exact) mass is 278 g/mol. The van der Waals surface area contributed by atoms with Crippen LogP contribution in [0.3, 0.4) is 0 Å². The Balaban J connectivity index is 2.34. The van der Waals surface area contributed by atoms with Crippen LogP contribution in [0.15, 0.2) is 27.8 Å². The molecule has 0 fully saturated rings. The lowest BCUT2D eigenvalue weighted by Crippen LogP contribution is -2.10. The van der Waals surface area contributed by atoms with E-state index in [4.69, 9.17) is 5.21 Å². The van der Waals surface area contributed by atoms with Gasteiger partial charge in [0.25, 0.3) is 0 Å². The van der Waals surface area contributed by atoms with E-state index in [1.54, 1.807) is 0 Å². The van der Waals surface area contributed by atoms with Crippen molar-refractivity contribution in [2.24, 2.45) is 5.16 Å². The Morgan fingerprint density at radius 2 is 2.19 bits per heavy atom. The van der Waals surface area contributed by atoms with Gasteiger partial charge in [-0.1, -0.05) is 27.2 Å². The zero-order valence-corrected chi connectivity index (χ0v) is 10.2. The number of aromatic amines is 1. The summed E-state index contributed by atoms with van der Waals surface area (Å²) in [4.78, 5) is 3.40. The number of halogens is 1. The molecule has 0 amide bonds. The van der Waals surface area contributed by atoms with Crippen LogP contribution in [-0.4, -0.2) is 15.9 Å². The second kappa shape index (κ2) is 3.63. The van der Waals surface area contributed by atoms with Gasteiger partial charge in [-0.15, -0.1) is 0 Å². The molecule has 3 rings (SSSR count). The summed E-state index contributed by atoms with van der Waals surface area (Å²) < 4.78 is 1.06. The molecule has 1 aliphatic rings. The van der Waals surface area contributed by atoms with Crippen LogP contribution in [-0.2, 0) is 6.42 Å². The lowest BCUT2D eigenvalue weighted by molar-refractivity contribution is 0.317. The molecule has 2 aromatic rings. The molecule has 1 aromatic carbocycles. The van der Waals surface area contributed by atoms with Crippen molar-refractivity contribution in [3.8, 4) is 0 Å². The number of nitrogens with zero attached hydrogens (tertiary/aromatic N) is 1. The molecular weight excluding hydrogens is 268 g/mol. The molecule has 1 aromatic heterocycles. The first-order valence-corrected chi connectivity index (χ1v) is 6.10. The standard InChI is InChI=1S/C12H11BrN2O/c13-7-4-5-8-11(6-7)14-9-2-1-3-10(15-16)12(8)9/h4-6,14,16H,1-3H2/b15-10+. The van der Waals surface area contributed by atoms with Gasteiger partial charge in [0, 0.05) is 26.6 Å². The topological polar surface area (TPSA) is 48.4 Å². The number of rotatable bonds is 0. The molecule has 0 spiro atoms. The van der Waals surface area contributed by atoms with E-state index in [2.05, 4.69) is 38.2 Å². The minimum atomic E-state index is 0.801. The third-order valence-corrected chi connectivity index (χ3v) is 3.58. The number of hydrogen-bond donors (Lipinski definition) is 2. The molecule has 4 heteroatoms. The summed E-state index contributed by atoms with van der Waals surface area (Å²) in [7, 11) is 0. The van der Waals surface area contributed by atoms with Gasteiger partial charge in [0.2, 0.25) is 0 Å². The van der Waals surface area contributed by atoms with Crippen molar-refractivity contribution in [2.75, 3.05) is 0 Å². The van der Waals surface area contributed by atoms with Gasteiger partial charge < -0.3 is 10.2 Å². The van der Waals surface area contributed by atoms with Crippen LogP contribution in [0.4, 0.5) is 0 Å². The molecule has 0 atom stereocenters. The minimum Gasteiger partial charge on any atom is -0.411 e. The molecule has 0 saturated heterocycles. The lowest BCUT2D eigenvalue weighted by atomic mass is 9.94. The second-order valence-electron chi connectivity index (χ2n) is 4.07. The summed E-state index contributed by atoms with van der Waals surface area (Å²) in [5, 5.41) is 13.6. The van der Waals surface area contributed by atoms with Crippen molar-refractivity contribution in [3.05, 3.63) is 33.9 Å². The van der Waals surface area contributed by atoms with E-state index >= 15 is 0 Å². The van der Waals surface area contributed by atoms with Gasteiger partial charge in [0.05, 0.1) is 5.71 Å². The highest BCUT2D eigenvalue weighted by atomic mass is 79.9. The summed E-state index contributed by atoms with van der Waals surface area (Å²) in [5.74, 6) is 0. The summed E-state index contributed by atoms with van der Waals surface area (Å²) >= 11 is 3.46. The quantitative estimate of drug-likeness (QED) is 0.563. The van der Waals surface area contributed by atoms with Gasteiger partial charge in [-0.2, -0.15) is 0 Å². The molecule has 2 N–H and O–H groups in total. The van der Waals surface area contributed by atoms with Crippen LogP contribution in [0, 0.1) is 0 Å². The van der Waals surface area contributed by atoms with Crippen molar-refractivity contribution in [2.45, 2.75) is 19.3 Å². The third kappa shape index (κ3) is 1.37. The summed E-state index contributed by atoms with van der Waals surface area (Å²) in [6.07, 6.45) is 2.92. The van der Waals surface area contributed by atoms with Gasteiger partial charge >= 0.3 is 0 Å². The first kappa shape index (κ1) is 9.90. The van der Waals surface area contributed by atoms with Gasteiger partial charge in [0.1, 0.15) is 0 Å². The van der Waals surface area contributed by atoms with Gasteiger partial charge in [-0.25, -0.2) is 0 Å². The number of benzene rings is 1. The van der Waals surface area contributed by atoms with Crippen molar-refractivity contribution >= 4 is 32.5 Å². The number of aryl methyl sites for hydroxylation is 1. The van der Waals surface area contributed by atoms with E-state index in [-0.39, 0.29) is 0 Å². The summed E-state index contributed by atoms with van der Waals surface area (Å²) in [6, 6.07) is 6.13. The molecule has 82 valence electrons. The molecule has 0 unspecified atom stereocenters. The average molecular weight is 279 g/mol. The van der Waals surface area contributed by atoms with E-state index in [0.29, 0.717) is 0 Å². The normalized spacial score (nSPS) is 17.9. The molecular formula is C12H11BrN2O. The Kier molecular flexibility index (Phi) is 2.24. The van der Waals surface area contributed by atoms with E-state index in [0.717, 1.165) is 45.9 Å². The maximum Gasteiger partial charge on any atom is 0.0892 e. The Bertz CT molecular complexity index is 586. The molecule has 0 saturated carbocycles. The highest BCUT2D eigenvalue weighted by Crippen LogP contribution is 2.30. The fourth-order valence-corrected chi connectivity index (χ4v) is 2.76. The number of aromatic nitrogens is 1. The van der Waals surface area contributed by atoms with Crippen LogP contribution < -0.4 is 0 Å². The van der Waals surface area contributed by atoms with E-state index in [1.165, 1.54) is 5.69 Å². The zero-order valence-electron chi connectivity index (χ0n) is 8.63. The number of oxime groups is 1. The minimum absolute atomic E-state index is 0.801. The molecule has 3 nitrogen and oxygen atoms in total. The molecule has 0 radical (unpaired) electrons. The van der Waals surface area contributed by atoms with E-state index in [1.807, 2.05) is 6.07 Å². The maximum atomic E-state index is 9.04. The Morgan fingerprint density at radius 1 is 1.31 bits per heavy atom. The van der Waals surface area contributed by atoms with Crippen LogP contribution in [0.1, 0.15) is 24.1 Å². The SMILES string of the molecule is O/N=C1\CCCc2[nH]c3cc(Br)ccc3c21. The second-order valence-corrected chi connectivity index (χ2v) is 4.98. The van der Waals surface area contributed by atoms with Crippen LogP contribution >= 0.6 is 15.9 Å². The first-order chi connectivity index (χ1) is 7.79. The number of H-pyrrole nitrogens is 1. The van der Waals surface area contributed by atoms with E-state index in [9.17, 15) is 0 Å². The van der Waals surface area contributed by atoms with Crippen LogP contribution in [0.5, 0.6) is 0 Å². The summed E-state index contributed by atoms with van der Waals surface area (Å²) in [5.41, 5.74) is 4.18. The number of fused-ring (bicyclic) bond motifs is 3. The third-order valence-electron chi connectivity index (χ3n) is 3.09. The predicted molar refractivity (Wildman–Crippen MR) is 67.3 cm³/mol. The zero-order chi connectivity index (χ0) is 11.1. The van der Waals surface area contributed by atoms with E-state index < -0.39 is 0 Å². The highest BCUT2D eigenvalue weighted by Gasteiger charge is 2.21. The molecule has 1 heterocycles. The fourth-order valence-electron chi connectivity index (χ4n) is 2.40. The Hall–Kier alpha value is -1.29. The fraction of sp³-hybridized carbons (Fsp3) is 0.250. The number of hydrogen-bond acceptors (Lipinski definition) is 2. The van der Waals surface area contributed by atoms with Crippen molar-refractivity contribution in [3.63, 3.8) is 0 Å². The maximum absolute atomic E-state index is 9.04. The molecule has 16 heavy (non-hydrogen) atoms. The van der Waals surface area contributed by atoms with Crippen LogP contribution in [0.25, 0.3) is 10.9 Å². The van der Waals surface area contributed by atoms with Crippen molar-refractivity contribution in [1.82, 2.24) is 4.98 Å². The lowest BCUT2D eigenvalue weighted by Gasteiger charge is -2.12. The van der Waals surface area contributed by atoms with Crippen molar-refractivity contribution < 1.29 is 5.21 Å². The van der Waals surface area contributed by atoms with Crippen molar-refractivity contribution in [1.29, 1.82) is 0 Å². The molecule has 0 aliphatic heterocycles. The highest BCUT2D eigenvalue weighted by molar-refractivity contribution is 9.10. The predicted octanol–water partition coefficient (Wildman–Crippen LogP) is 3.45. The van der Waals surface area contributed by atoms with Gasteiger partial charge in [0.15, 0.2) is 0 Å². The summed E-state index contributed by atoms with van der Waals surface area (Å²) in [6.45, 7) is 0.